The maximum atomic E-state index is 14.6. The highest BCUT2D eigenvalue weighted by Crippen LogP contribution is 2.54. The van der Waals surface area contributed by atoms with Crippen molar-refractivity contribution in [2.75, 3.05) is 6.61 Å². The zero-order valence-corrected chi connectivity index (χ0v) is 33.4. The molecule has 8 rings (SSSR count). The number of rotatable bonds is 4. The number of aliphatic hydroxyl groups is 1. The van der Waals surface area contributed by atoms with E-state index in [0.717, 1.165) is 0 Å². The summed E-state index contributed by atoms with van der Waals surface area (Å²) in [5.41, 5.74) is -7.08. The number of hydrogen-bond donors (Lipinski definition) is 13. The first kappa shape index (κ1) is 45.5. The number of cyclic esters (lactones) is 1. The van der Waals surface area contributed by atoms with Crippen molar-refractivity contribution in [3.05, 3.63) is 58.1 Å². The molecular formula is C41H30O27. The van der Waals surface area contributed by atoms with E-state index in [4.69, 9.17) is 33.2 Å². The Bertz CT molecular complexity index is 2900. The Labute approximate surface area is 374 Å². The average Bonchev–Trinajstić information content (AvgIpc) is 3.28. The Morgan fingerprint density at radius 2 is 1.10 bits per heavy atom. The van der Waals surface area contributed by atoms with E-state index < -0.39 is 211 Å². The molecule has 3 unspecified atom stereocenters. The molecule has 0 aromatic heterocycles. The fourth-order valence-electron chi connectivity index (χ4n) is 8.04. The zero-order chi connectivity index (χ0) is 49.5. The van der Waals surface area contributed by atoms with E-state index in [2.05, 4.69) is 0 Å². The van der Waals surface area contributed by atoms with Gasteiger partial charge < -0.3 is 99.5 Å². The largest absolute Gasteiger partial charge is 0.504 e. The monoisotopic (exact) mass is 954 g/mol. The van der Waals surface area contributed by atoms with Crippen LogP contribution in [0.1, 0.15) is 59.3 Å². The summed E-state index contributed by atoms with van der Waals surface area (Å²) >= 11 is 0. The van der Waals surface area contributed by atoms with Gasteiger partial charge in [0.1, 0.15) is 12.7 Å². The number of carbonyl (C=O) groups excluding carboxylic acids is 6. The fraction of sp³-hybridized carbons (Fsp3) is 0.244. The second kappa shape index (κ2) is 16.4. The molecule has 0 spiro atoms. The van der Waals surface area contributed by atoms with Crippen LogP contribution < -0.4 is 4.74 Å². The summed E-state index contributed by atoms with van der Waals surface area (Å²) in [5.74, 6) is -32.0. The lowest BCUT2D eigenvalue weighted by molar-refractivity contribution is -0.287. The summed E-state index contributed by atoms with van der Waals surface area (Å²) < 4.78 is 38.8. The van der Waals surface area contributed by atoms with Crippen LogP contribution in [0.15, 0.2) is 30.3 Å². The topological polar surface area (TPSA) is 447 Å². The Morgan fingerprint density at radius 3 is 1.69 bits per heavy atom. The van der Waals surface area contributed by atoms with Crippen LogP contribution >= 0.6 is 0 Å². The Kier molecular flexibility index (Phi) is 11.0. The van der Waals surface area contributed by atoms with Crippen molar-refractivity contribution in [3.63, 3.8) is 0 Å². The van der Waals surface area contributed by atoms with Gasteiger partial charge in [0.2, 0.25) is 29.6 Å². The zero-order valence-electron chi connectivity index (χ0n) is 33.4. The number of phenols is 11. The molecule has 0 amide bonds. The number of phenolic OH excluding ortho intramolecular Hbond substituents is 11. The summed E-state index contributed by atoms with van der Waals surface area (Å²) in [7, 11) is 0. The number of carboxylic acid groups (broad SMARTS) is 1. The molecular weight excluding hydrogens is 924 g/mol. The summed E-state index contributed by atoms with van der Waals surface area (Å²) in [6.07, 6.45) is -16.3. The highest BCUT2D eigenvalue weighted by atomic mass is 16.7. The predicted octanol–water partition coefficient (Wildman–Crippen LogP) is -0.00170. The number of aliphatic carboxylic acids is 1. The molecule has 4 aliphatic rings. The van der Waals surface area contributed by atoms with E-state index in [0.29, 0.717) is 30.3 Å². The van der Waals surface area contributed by atoms with Crippen molar-refractivity contribution in [1.82, 2.24) is 0 Å². The van der Waals surface area contributed by atoms with Gasteiger partial charge in [0.15, 0.2) is 70.1 Å². The molecule has 8 atom stereocenters. The minimum absolute atomic E-state index is 0.361. The van der Waals surface area contributed by atoms with Gasteiger partial charge >= 0.3 is 41.8 Å². The summed E-state index contributed by atoms with van der Waals surface area (Å²) in [6, 6.07) is 2.36. The molecule has 356 valence electrons. The predicted molar refractivity (Wildman–Crippen MR) is 206 cm³/mol. The van der Waals surface area contributed by atoms with E-state index >= 15 is 0 Å². The van der Waals surface area contributed by atoms with E-state index in [-0.39, 0.29) is 0 Å². The smallest absolute Gasteiger partial charge is 0.341 e. The van der Waals surface area contributed by atoms with Crippen LogP contribution in [0.2, 0.25) is 0 Å². The lowest BCUT2D eigenvalue weighted by Crippen LogP contribution is -2.63. The van der Waals surface area contributed by atoms with Crippen molar-refractivity contribution in [2.45, 2.75) is 49.1 Å². The molecule has 0 saturated carbocycles. The van der Waals surface area contributed by atoms with Gasteiger partial charge in [0, 0.05) is 22.6 Å². The number of benzene rings is 4. The molecule has 4 aromatic rings. The molecule has 0 aliphatic carbocycles. The first-order chi connectivity index (χ1) is 32.0. The number of ether oxygens (including phenoxy) is 7. The number of aliphatic hydroxyl groups excluding tert-OH is 1. The third kappa shape index (κ3) is 7.31. The number of fused-ring (bicyclic) bond motifs is 3. The number of aromatic hydroxyl groups is 11. The van der Waals surface area contributed by atoms with Crippen LogP contribution in [-0.4, -0.2) is 152 Å². The van der Waals surface area contributed by atoms with E-state index in [1.54, 1.807) is 0 Å². The van der Waals surface area contributed by atoms with Gasteiger partial charge in [0.25, 0.3) is 0 Å². The second-order valence-corrected chi connectivity index (χ2v) is 15.2. The number of carboxylic acids is 1. The minimum atomic E-state index is -2.58. The van der Waals surface area contributed by atoms with Crippen LogP contribution in [0.3, 0.4) is 0 Å². The summed E-state index contributed by atoms with van der Waals surface area (Å²) in [5, 5.41) is 137. The lowest BCUT2D eigenvalue weighted by Gasteiger charge is -2.44. The normalized spacial score (nSPS) is 24.3. The number of hydrogen-bond acceptors (Lipinski definition) is 26. The SMILES string of the molecule is O=C(O)CC1C(=O)O[C@H]2[C@@H]3OC(=O)c4cc(O)c(O)c(O)c4-c4c(cc(O)c(O)c4O)C(=O)OC[C@H]2O[C@H](OC(=O)c2cc(O)c(O)c(O)c2)[C@@H]3OC(=O)c2cc(O)c(O)c3c2C1C(O)C(=O)O3. The molecule has 4 heterocycles. The highest BCUT2D eigenvalue weighted by Gasteiger charge is 2.58. The molecule has 1 fully saturated rings. The summed E-state index contributed by atoms with van der Waals surface area (Å²) in [6.45, 7) is -1.31. The van der Waals surface area contributed by atoms with Gasteiger partial charge in [-0.25, -0.2) is 24.0 Å². The van der Waals surface area contributed by atoms with Gasteiger partial charge in [0.05, 0.1) is 34.6 Å². The van der Waals surface area contributed by atoms with Gasteiger partial charge in [-0.3, -0.25) is 9.59 Å². The van der Waals surface area contributed by atoms with Gasteiger partial charge in [-0.05, 0) is 30.3 Å². The maximum Gasteiger partial charge on any atom is 0.341 e. The van der Waals surface area contributed by atoms with Crippen molar-refractivity contribution < 1.29 is 133 Å². The Hall–Kier alpha value is -9.11. The molecule has 0 radical (unpaired) electrons. The van der Waals surface area contributed by atoms with E-state index in [1.165, 1.54) is 0 Å². The van der Waals surface area contributed by atoms with Gasteiger partial charge in [-0.15, -0.1) is 0 Å². The number of esters is 6. The van der Waals surface area contributed by atoms with Crippen molar-refractivity contribution in [3.8, 4) is 80.1 Å². The second-order valence-electron chi connectivity index (χ2n) is 15.2. The van der Waals surface area contributed by atoms with Crippen LogP contribution in [0, 0.1) is 5.92 Å². The first-order valence-corrected chi connectivity index (χ1v) is 19.2. The van der Waals surface area contributed by atoms with Crippen LogP contribution in [0.5, 0.6) is 69.0 Å². The fourth-order valence-corrected chi connectivity index (χ4v) is 8.04. The van der Waals surface area contributed by atoms with Crippen molar-refractivity contribution in [1.29, 1.82) is 0 Å². The average molecular weight is 955 g/mol. The van der Waals surface area contributed by atoms with Gasteiger partial charge in [-0.2, -0.15) is 0 Å². The molecule has 27 nitrogen and oxygen atoms in total. The molecule has 27 heteroatoms. The quantitative estimate of drug-likeness (QED) is 0.0554. The van der Waals surface area contributed by atoms with E-state index in [1.807, 2.05) is 0 Å². The lowest BCUT2D eigenvalue weighted by atomic mass is 9.76. The Morgan fingerprint density at radius 1 is 0.588 bits per heavy atom. The molecule has 1 saturated heterocycles. The van der Waals surface area contributed by atoms with E-state index in [9.17, 15) is 99.9 Å². The maximum absolute atomic E-state index is 14.6. The third-order valence-corrected chi connectivity index (χ3v) is 11.2. The highest BCUT2D eigenvalue weighted by molar-refractivity contribution is 6.08. The van der Waals surface area contributed by atoms with Crippen LogP contribution in [-0.2, 0) is 42.8 Å². The van der Waals surface area contributed by atoms with Gasteiger partial charge in [-0.1, -0.05) is 0 Å². The molecule has 4 aliphatic heterocycles. The standard InChI is InChI=1S/C41H30O27/c42-13-1-8(2-14(43)24(13)49)35(56)68-41-34-33-31(64-39(60)12(6-19(47)48)22-23-11(38(59)67-34)5-17(46)27(52)32(23)65-40(61)30(22)55)18(63-41)7-62-36(57)9-3-15(44)25(50)28(53)20(9)21-10(37(58)66-33)4-16(45)26(51)29(21)54/h1-5,12,18,22,30-31,33-34,41-46,49-55H,6-7H2,(H,47,48)/t12?,18-,22?,30?,31-,33+,34-,41-/m1/s1. The first-order valence-electron chi connectivity index (χ1n) is 19.2. The minimum Gasteiger partial charge on any atom is -0.504 e. The van der Waals surface area contributed by atoms with Crippen LogP contribution in [0.4, 0.5) is 0 Å². The van der Waals surface area contributed by atoms with Crippen LogP contribution in [0.25, 0.3) is 11.1 Å². The molecule has 4 bridgehead atoms. The third-order valence-electron chi connectivity index (χ3n) is 11.2. The van der Waals surface area contributed by atoms with Crippen molar-refractivity contribution in [2.24, 2.45) is 5.92 Å². The van der Waals surface area contributed by atoms with Crippen molar-refractivity contribution >= 4 is 41.8 Å². The summed E-state index contributed by atoms with van der Waals surface area (Å²) in [4.78, 5) is 96.8. The molecule has 4 aromatic carbocycles. The molecule has 13 N–H and O–H groups in total. The molecule has 68 heavy (non-hydrogen) atoms. The Balaban J connectivity index is 1.39. The number of carbonyl (C=O) groups is 7.